The molecule has 0 spiro atoms. The van der Waals surface area contributed by atoms with Crippen LogP contribution in [0, 0.1) is 5.82 Å². The van der Waals surface area contributed by atoms with Gasteiger partial charge in [-0.2, -0.15) is 0 Å². The summed E-state index contributed by atoms with van der Waals surface area (Å²) in [6.07, 6.45) is 5.13. The Kier molecular flexibility index (Phi) is 7.22. The number of aromatic nitrogens is 2. The predicted octanol–water partition coefficient (Wildman–Crippen LogP) is 6.22. The van der Waals surface area contributed by atoms with Crippen molar-refractivity contribution in [3.05, 3.63) is 94.4 Å². The average molecular weight is 486 g/mol. The Labute approximate surface area is 199 Å². The van der Waals surface area contributed by atoms with E-state index in [1.54, 1.807) is 48.8 Å². The minimum absolute atomic E-state index is 0.0820. The summed E-state index contributed by atoms with van der Waals surface area (Å²) in [5, 5.41) is 3.73. The number of rotatable bonds is 8. The van der Waals surface area contributed by atoms with Crippen molar-refractivity contribution in [3.63, 3.8) is 0 Å². The number of oxazole rings is 1. The van der Waals surface area contributed by atoms with Crippen molar-refractivity contribution in [2.75, 3.05) is 0 Å². The van der Waals surface area contributed by atoms with Crippen molar-refractivity contribution in [2.45, 2.75) is 19.4 Å². The van der Waals surface area contributed by atoms with E-state index in [1.807, 2.05) is 0 Å². The minimum Gasteiger partial charge on any atom is -0.453 e. The molecule has 4 rings (SSSR count). The number of carbonyl (C=O) groups is 1. The van der Waals surface area contributed by atoms with Crippen LogP contribution in [0.5, 0.6) is 11.5 Å². The van der Waals surface area contributed by atoms with Crippen LogP contribution in [0.4, 0.5) is 4.39 Å². The molecule has 0 radical (unpaired) electrons. The number of benzene rings is 2. The number of halogens is 3. The normalized spacial score (nSPS) is 10.8. The van der Waals surface area contributed by atoms with E-state index in [2.05, 4.69) is 15.3 Å². The van der Waals surface area contributed by atoms with Crippen molar-refractivity contribution in [2.24, 2.45) is 0 Å². The quantitative estimate of drug-likeness (QED) is 0.320. The molecular weight excluding hydrogens is 468 g/mol. The zero-order valence-electron chi connectivity index (χ0n) is 17.2. The minimum atomic E-state index is -0.529. The van der Waals surface area contributed by atoms with Crippen LogP contribution in [-0.2, 0) is 17.8 Å². The lowest BCUT2D eigenvalue weighted by atomic mass is 10.2. The van der Waals surface area contributed by atoms with E-state index in [1.165, 1.54) is 18.3 Å². The Morgan fingerprint density at radius 3 is 2.76 bits per heavy atom. The number of aryl methyl sites for hydroxylation is 1. The van der Waals surface area contributed by atoms with Gasteiger partial charge in [-0.3, -0.25) is 9.78 Å². The monoisotopic (exact) mass is 485 g/mol. The molecule has 0 saturated carbocycles. The molecular formula is C24H18Cl2FN3O3. The molecule has 0 fully saturated rings. The van der Waals surface area contributed by atoms with Gasteiger partial charge in [-0.15, -0.1) is 0 Å². The SMILES string of the molecule is O=C(CCc1ncc(-c2ccc(Cl)cc2Cl)o1)NCc1ccc(Oc2cccnc2)c(F)c1. The lowest BCUT2D eigenvalue weighted by Gasteiger charge is -2.09. The van der Waals surface area contributed by atoms with E-state index < -0.39 is 5.82 Å². The highest BCUT2D eigenvalue weighted by Gasteiger charge is 2.12. The summed E-state index contributed by atoms with van der Waals surface area (Å²) in [7, 11) is 0. The van der Waals surface area contributed by atoms with Crippen LogP contribution in [0.3, 0.4) is 0 Å². The number of hydrogen-bond acceptors (Lipinski definition) is 5. The highest BCUT2D eigenvalue weighted by atomic mass is 35.5. The summed E-state index contributed by atoms with van der Waals surface area (Å²) in [4.78, 5) is 20.3. The Morgan fingerprint density at radius 2 is 2.00 bits per heavy atom. The van der Waals surface area contributed by atoms with Crippen LogP contribution in [0.25, 0.3) is 11.3 Å². The van der Waals surface area contributed by atoms with Gasteiger partial charge in [-0.25, -0.2) is 9.37 Å². The van der Waals surface area contributed by atoms with Gasteiger partial charge in [0.2, 0.25) is 5.91 Å². The maximum atomic E-state index is 14.3. The van der Waals surface area contributed by atoms with E-state index in [9.17, 15) is 9.18 Å². The van der Waals surface area contributed by atoms with Crippen LogP contribution >= 0.6 is 23.2 Å². The Morgan fingerprint density at radius 1 is 1.12 bits per heavy atom. The van der Waals surface area contributed by atoms with E-state index in [0.29, 0.717) is 45.0 Å². The molecule has 2 aromatic heterocycles. The van der Waals surface area contributed by atoms with Gasteiger partial charge in [0.15, 0.2) is 23.2 Å². The Balaban J connectivity index is 1.28. The van der Waals surface area contributed by atoms with Crippen molar-refractivity contribution < 1.29 is 18.3 Å². The van der Waals surface area contributed by atoms with Gasteiger partial charge >= 0.3 is 0 Å². The molecule has 4 aromatic rings. The third kappa shape index (κ3) is 6.09. The van der Waals surface area contributed by atoms with Gasteiger partial charge < -0.3 is 14.5 Å². The van der Waals surface area contributed by atoms with Crippen LogP contribution < -0.4 is 10.1 Å². The van der Waals surface area contributed by atoms with E-state index in [4.69, 9.17) is 32.4 Å². The van der Waals surface area contributed by atoms with Gasteiger partial charge in [0.05, 0.1) is 17.4 Å². The van der Waals surface area contributed by atoms with Crippen LogP contribution in [0.15, 0.2) is 71.5 Å². The molecule has 0 atom stereocenters. The molecule has 0 aliphatic carbocycles. The number of pyridine rings is 1. The fourth-order valence-corrected chi connectivity index (χ4v) is 3.52. The molecule has 0 bridgehead atoms. The second kappa shape index (κ2) is 10.5. The molecule has 9 heteroatoms. The van der Waals surface area contributed by atoms with Gasteiger partial charge in [0.25, 0.3) is 0 Å². The lowest BCUT2D eigenvalue weighted by molar-refractivity contribution is -0.121. The maximum absolute atomic E-state index is 14.3. The predicted molar refractivity (Wildman–Crippen MR) is 123 cm³/mol. The molecule has 168 valence electrons. The number of nitrogens with one attached hydrogen (secondary N) is 1. The number of ether oxygens (including phenoxy) is 1. The smallest absolute Gasteiger partial charge is 0.220 e. The zero-order chi connectivity index (χ0) is 23.2. The second-order valence-electron chi connectivity index (χ2n) is 7.07. The van der Waals surface area contributed by atoms with Crippen LogP contribution in [0.2, 0.25) is 10.0 Å². The summed E-state index contributed by atoms with van der Waals surface area (Å²) < 4.78 is 25.5. The number of nitrogens with zero attached hydrogens (tertiary/aromatic N) is 2. The van der Waals surface area contributed by atoms with E-state index in [-0.39, 0.29) is 24.6 Å². The largest absolute Gasteiger partial charge is 0.453 e. The second-order valence-corrected chi connectivity index (χ2v) is 7.92. The maximum Gasteiger partial charge on any atom is 0.220 e. The Bertz CT molecular complexity index is 1270. The molecule has 1 amide bonds. The zero-order valence-corrected chi connectivity index (χ0v) is 18.7. The van der Waals surface area contributed by atoms with Gasteiger partial charge in [-0.05, 0) is 48.0 Å². The van der Waals surface area contributed by atoms with Crippen LogP contribution in [-0.4, -0.2) is 15.9 Å². The highest BCUT2D eigenvalue weighted by Crippen LogP contribution is 2.31. The first-order valence-corrected chi connectivity index (χ1v) is 10.8. The molecule has 6 nitrogen and oxygen atoms in total. The van der Waals surface area contributed by atoms with Crippen molar-refractivity contribution in [1.82, 2.24) is 15.3 Å². The van der Waals surface area contributed by atoms with E-state index in [0.717, 1.165) is 0 Å². The standard InChI is InChI=1S/C24H18Cl2FN3O3/c25-16-4-5-18(19(26)11-16)22-14-30-24(33-22)8-7-23(31)29-12-15-3-6-21(20(27)10-15)32-17-2-1-9-28-13-17/h1-6,9-11,13-14H,7-8,12H2,(H,29,31). The summed E-state index contributed by atoms with van der Waals surface area (Å²) in [6.45, 7) is 0.181. The third-order valence-corrected chi connectivity index (χ3v) is 5.21. The average Bonchev–Trinajstić information content (AvgIpc) is 3.27. The summed E-state index contributed by atoms with van der Waals surface area (Å²) in [5.41, 5.74) is 1.28. The fourth-order valence-electron chi connectivity index (χ4n) is 3.02. The first-order valence-electron chi connectivity index (χ1n) is 10.0. The van der Waals surface area contributed by atoms with Crippen molar-refractivity contribution in [3.8, 4) is 22.8 Å². The fraction of sp³-hybridized carbons (Fsp3) is 0.125. The molecule has 0 aliphatic rings. The highest BCUT2D eigenvalue weighted by molar-refractivity contribution is 6.36. The molecule has 0 saturated heterocycles. The Hall–Kier alpha value is -3.42. The van der Waals surface area contributed by atoms with E-state index >= 15 is 0 Å². The molecule has 0 aliphatic heterocycles. The summed E-state index contributed by atoms with van der Waals surface area (Å²) >= 11 is 12.1. The first kappa shape index (κ1) is 22.8. The number of hydrogen-bond donors (Lipinski definition) is 1. The summed E-state index contributed by atoms with van der Waals surface area (Å²) in [6, 6.07) is 13.0. The third-order valence-electron chi connectivity index (χ3n) is 4.66. The number of carbonyl (C=O) groups excluding carboxylic acids is 1. The molecule has 33 heavy (non-hydrogen) atoms. The first-order chi connectivity index (χ1) is 16.0. The molecule has 2 aromatic carbocycles. The van der Waals surface area contributed by atoms with Crippen molar-refractivity contribution >= 4 is 29.1 Å². The van der Waals surface area contributed by atoms with Crippen molar-refractivity contribution in [1.29, 1.82) is 0 Å². The number of amides is 1. The van der Waals surface area contributed by atoms with Gasteiger partial charge in [0, 0.05) is 36.2 Å². The van der Waals surface area contributed by atoms with Crippen LogP contribution in [0.1, 0.15) is 17.9 Å². The van der Waals surface area contributed by atoms with Gasteiger partial charge in [-0.1, -0.05) is 29.3 Å². The molecule has 0 unspecified atom stereocenters. The topological polar surface area (TPSA) is 77.2 Å². The lowest BCUT2D eigenvalue weighted by Crippen LogP contribution is -2.23. The van der Waals surface area contributed by atoms with Gasteiger partial charge in [0.1, 0.15) is 5.75 Å². The molecule has 2 heterocycles. The summed E-state index contributed by atoms with van der Waals surface area (Å²) in [5.74, 6) is 0.684. The molecule has 1 N–H and O–H groups in total.